The Kier molecular flexibility index (Phi) is 4.63. The van der Waals surface area contributed by atoms with Gasteiger partial charge in [0.25, 0.3) is 0 Å². The van der Waals surface area contributed by atoms with E-state index in [1.807, 2.05) is 39.0 Å². The first-order valence-corrected chi connectivity index (χ1v) is 7.11. The molecule has 1 N–H and O–H groups in total. The number of nitrogens with one attached hydrogen (secondary N) is 1. The zero-order valence-electron chi connectivity index (χ0n) is 12.3. The average molecular weight is 308 g/mol. The molecule has 0 fully saturated rings. The molecule has 1 aromatic carbocycles. The number of carbonyl (C=O) groups is 1. The minimum atomic E-state index is -0.405. The van der Waals surface area contributed by atoms with Crippen LogP contribution in [0.3, 0.4) is 0 Å². The van der Waals surface area contributed by atoms with E-state index in [9.17, 15) is 4.79 Å². The molecule has 6 heteroatoms. The quantitative estimate of drug-likeness (QED) is 0.942. The molecule has 0 aliphatic carbocycles. The molecule has 0 spiro atoms. The summed E-state index contributed by atoms with van der Waals surface area (Å²) in [6, 6.07) is 7.31. The van der Waals surface area contributed by atoms with Gasteiger partial charge in [0.15, 0.2) is 0 Å². The van der Waals surface area contributed by atoms with Crippen LogP contribution in [-0.4, -0.2) is 22.6 Å². The van der Waals surface area contributed by atoms with Crippen molar-refractivity contribution < 1.29 is 9.32 Å². The van der Waals surface area contributed by atoms with Gasteiger partial charge < -0.3 is 9.84 Å². The Morgan fingerprint density at radius 1 is 1.33 bits per heavy atom. The van der Waals surface area contributed by atoms with Crippen LogP contribution >= 0.6 is 11.6 Å². The van der Waals surface area contributed by atoms with Crippen LogP contribution in [0.2, 0.25) is 5.02 Å². The summed E-state index contributed by atoms with van der Waals surface area (Å²) in [5.74, 6) is 0.921. The third-order valence-corrected chi connectivity index (χ3v) is 3.22. The predicted molar refractivity (Wildman–Crippen MR) is 80.9 cm³/mol. The van der Waals surface area contributed by atoms with Crippen LogP contribution in [0.5, 0.6) is 0 Å². The van der Waals surface area contributed by atoms with E-state index < -0.39 is 5.41 Å². The van der Waals surface area contributed by atoms with Crippen molar-refractivity contribution in [1.29, 1.82) is 0 Å². The van der Waals surface area contributed by atoms with E-state index in [2.05, 4.69) is 15.5 Å². The summed E-state index contributed by atoms with van der Waals surface area (Å²) in [6.45, 7) is 6.06. The minimum Gasteiger partial charge on any atom is -0.355 e. The maximum atomic E-state index is 11.7. The topological polar surface area (TPSA) is 68.0 Å². The average Bonchev–Trinajstić information content (AvgIpc) is 2.86. The van der Waals surface area contributed by atoms with Crippen molar-refractivity contribution in [1.82, 2.24) is 15.5 Å². The van der Waals surface area contributed by atoms with Gasteiger partial charge in [-0.15, -0.1) is 0 Å². The van der Waals surface area contributed by atoms with E-state index in [1.165, 1.54) is 0 Å². The van der Waals surface area contributed by atoms with Gasteiger partial charge in [-0.2, -0.15) is 4.98 Å². The Morgan fingerprint density at radius 3 is 2.71 bits per heavy atom. The SMILES string of the molecule is CC(C)(C)C(=O)NCCc1nc(-c2ccccc2Cl)no1. The maximum Gasteiger partial charge on any atom is 0.228 e. The van der Waals surface area contributed by atoms with E-state index in [-0.39, 0.29) is 5.91 Å². The molecular formula is C15H18ClN3O2. The number of aromatic nitrogens is 2. The van der Waals surface area contributed by atoms with Crippen LogP contribution in [-0.2, 0) is 11.2 Å². The van der Waals surface area contributed by atoms with Gasteiger partial charge in [-0.05, 0) is 12.1 Å². The molecule has 5 nitrogen and oxygen atoms in total. The van der Waals surface area contributed by atoms with E-state index in [0.29, 0.717) is 29.7 Å². The molecule has 1 amide bonds. The number of hydrogen-bond acceptors (Lipinski definition) is 4. The van der Waals surface area contributed by atoms with Crippen molar-refractivity contribution in [2.24, 2.45) is 5.41 Å². The van der Waals surface area contributed by atoms with Gasteiger partial charge in [-0.25, -0.2) is 0 Å². The van der Waals surface area contributed by atoms with Crippen LogP contribution in [0.25, 0.3) is 11.4 Å². The monoisotopic (exact) mass is 307 g/mol. The smallest absolute Gasteiger partial charge is 0.228 e. The summed E-state index contributed by atoms with van der Waals surface area (Å²) in [5, 5.41) is 7.32. The highest BCUT2D eigenvalue weighted by Crippen LogP contribution is 2.24. The van der Waals surface area contributed by atoms with E-state index in [0.717, 1.165) is 5.56 Å². The number of carbonyl (C=O) groups excluding carboxylic acids is 1. The van der Waals surface area contributed by atoms with Gasteiger partial charge in [-0.1, -0.05) is 49.7 Å². The molecule has 0 radical (unpaired) electrons. The lowest BCUT2D eigenvalue weighted by Crippen LogP contribution is -2.35. The molecule has 21 heavy (non-hydrogen) atoms. The highest BCUT2D eigenvalue weighted by Gasteiger charge is 2.20. The highest BCUT2D eigenvalue weighted by atomic mass is 35.5. The molecule has 0 saturated carbocycles. The Labute approximate surface area is 128 Å². The van der Waals surface area contributed by atoms with Gasteiger partial charge in [0, 0.05) is 23.9 Å². The fourth-order valence-corrected chi connectivity index (χ4v) is 1.88. The van der Waals surface area contributed by atoms with Crippen LogP contribution in [0, 0.1) is 5.41 Å². The van der Waals surface area contributed by atoms with Crippen molar-refractivity contribution in [2.75, 3.05) is 6.54 Å². The number of halogens is 1. The van der Waals surface area contributed by atoms with Crippen LogP contribution in [0.4, 0.5) is 0 Å². The first kappa shape index (κ1) is 15.5. The molecule has 2 aromatic rings. The fourth-order valence-electron chi connectivity index (χ4n) is 1.66. The van der Waals surface area contributed by atoms with Crippen LogP contribution < -0.4 is 5.32 Å². The van der Waals surface area contributed by atoms with Crippen molar-refractivity contribution in [3.63, 3.8) is 0 Å². The Bertz CT molecular complexity index is 632. The molecule has 0 aliphatic rings. The second-order valence-electron chi connectivity index (χ2n) is 5.75. The second-order valence-corrected chi connectivity index (χ2v) is 6.15. The van der Waals surface area contributed by atoms with E-state index in [1.54, 1.807) is 6.07 Å². The summed E-state index contributed by atoms with van der Waals surface area (Å²) in [6.07, 6.45) is 0.485. The lowest BCUT2D eigenvalue weighted by Gasteiger charge is -2.16. The molecule has 0 unspecified atom stereocenters. The zero-order valence-corrected chi connectivity index (χ0v) is 13.1. The predicted octanol–water partition coefficient (Wildman–Crippen LogP) is 3.09. The molecule has 0 atom stereocenters. The summed E-state index contributed by atoms with van der Waals surface area (Å²) in [7, 11) is 0. The number of benzene rings is 1. The third kappa shape index (κ3) is 4.04. The van der Waals surface area contributed by atoms with Gasteiger partial charge in [0.05, 0.1) is 5.02 Å². The number of rotatable bonds is 4. The van der Waals surface area contributed by atoms with Gasteiger partial charge in [0.1, 0.15) is 0 Å². The Morgan fingerprint density at radius 2 is 2.05 bits per heavy atom. The molecule has 0 aliphatic heterocycles. The molecule has 2 rings (SSSR count). The standard InChI is InChI=1S/C15H18ClN3O2/c1-15(2,3)14(20)17-9-8-12-18-13(19-21-12)10-6-4-5-7-11(10)16/h4-7H,8-9H2,1-3H3,(H,17,20). The normalized spacial score (nSPS) is 11.4. The zero-order chi connectivity index (χ0) is 15.5. The number of hydrogen-bond donors (Lipinski definition) is 1. The van der Waals surface area contributed by atoms with Gasteiger partial charge >= 0.3 is 0 Å². The Hall–Kier alpha value is -1.88. The summed E-state index contributed by atoms with van der Waals surface area (Å²) in [5.41, 5.74) is 0.324. The Balaban J connectivity index is 1.96. The number of amides is 1. The maximum absolute atomic E-state index is 11.7. The summed E-state index contributed by atoms with van der Waals surface area (Å²) < 4.78 is 5.17. The van der Waals surface area contributed by atoms with Gasteiger partial charge in [0.2, 0.25) is 17.6 Å². The van der Waals surface area contributed by atoms with Crippen molar-refractivity contribution >= 4 is 17.5 Å². The molecule has 0 bridgehead atoms. The van der Waals surface area contributed by atoms with Crippen molar-refractivity contribution in [3.05, 3.63) is 35.2 Å². The first-order chi connectivity index (χ1) is 9.88. The molecule has 112 valence electrons. The second kappa shape index (κ2) is 6.26. The fraction of sp³-hybridized carbons (Fsp3) is 0.400. The first-order valence-electron chi connectivity index (χ1n) is 6.74. The third-order valence-electron chi connectivity index (χ3n) is 2.89. The van der Waals surface area contributed by atoms with Crippen molar-refractivity contribution in [2.45, 2.75) is 27.2 Å². The molecule has 1 heterocycles. The summed E-state index contributed by atoms with van der Waals surface area (Å²) in [4.78, 5) is 16.0. The van der Waals surface area contributed by atoms with E-state index in [4.69, 9.17) is 16.1 Å². The van der Waals surface area contributed by atoms with Crippen molar-refractivity contribution in [3.8, 4) is 11.4 Å². The van der Waals surface area contributed by atoms with Crippen LogP contribution in [0.15, 0.2) is 28.8 Å². The highest BCUT2D eigenvalue weighted by molar-refractivity contribution is 6.33. The largest absolute Gasteiger partial charge is 0.355 e. The lowest BCUT2D eigenvalue weighted by atomic mass is 9.96. The summed E-state index contributed by atoms with van der Waals surface area (Å²) >= 11 is 6.09. The lowest BCUT2D eigenvalue weighted by molar-refractivity contribution is -0.128. The van der Waals surface area contributed by atoms with Crippen LogP contribution in [0.1, 0.15) is 26.7 Å². The molecule has 0 saturated heterocycles. The minimum absolute atomic E-state index is 0.00616. The molecular weight excluding hydrogens is 290 g/mol. The molecule has 1 aromatic heterocycles. The van der Waals surface area contributed by atoms with Gasteiger partial charge in [-0.3, -0.25) is 4.79 Å². The number of nitrogens with zero attached hydrogens (tertiary/aromatic N) is 2. The van der Waals surface area contributed by atoms with E-state index >= 15 is 0 Å².